The van der Waals surface area contributed by atoms with Crippen LogP contribution in [-0.2, 0) is 0 Å². The van der Waals surface area contributed by atoms with Gasteiger partial charge in [0.15, 0.2) is 0 Å². The van der Waals surface area contributed by atoms with Gasteiger partial charge in [-0.2, -0.15) is 5.10 Å². The molecule has 0 aliphatic rings. The van der Waals surface area contributed by atoms with E-state index in [9.17, 15) is 8.78 Å². The molecule has 0 atom stereocenters. The van der Waals surface area contributed by atoms with Crippen molar-refractivity contribution in [1.82, 2.24) is 9.78 Å². The second-order valence-electron chi connectivity index (χ2n) is 3.27. The Kier molecular flexibility index (Phi) is 2.15. The highest BCUT2D eigenvalue weighted by molar-refractivity contribution is 5.41. The third-order valence-electron chi connectivity index (χ3n) is 2.05. The number of hydrogen-bond acceptors (Lipinski definition) is 2. The predicted molar refractivity (Wildman–Crippen MR) is 52.6 cm³/mol. The molecule has 0 radical (unpaired) electrons. The highest BCUT2D eigenvalue weighted by Crippen LogP contribution is 2.15. The van der Waals surface area contributed by atoms with Gasteiger partial charge in [0.1, 0.15) is 17.5 Å². The van der Waals surface area contributed by atoms with Gasteiger partial charge in [-0.15, -0.1) is 0 Å². The quantitative estimate of drug-likeness (QED) is 0.781. The van der Waals surface area contributed by atoms with Gasteiger partial charge in [-0.3, -0.25) is 0 Å². The first kappa shape index (κ1) is 9.64. The van der Waals surface area contributed by atoms with Crippen LogP contribution in [0.3, 0.4) is 0 Å². The van der Waals surface area contributed by atoms with Crippen molar-refractivity contribution in [2.75, 3.05) is 5.73 Å². The standard InChI is InChI=1S/C10H9F2N3/c1-6-5-15(14-10(6)13)9-3-7(11)2-8(12)4-9/h2-5H,1H3,(H2,13,14). The van der Waals surface area contributed by atoms with Crippen molar-refractivity contribution in [2.24, 2.45) is 0 Å². The number of halogens is 2. The summed E-state index contributed by atoms with van der Waals surface area (Å²) < 4.78 is 27.2. The van der Waals surface area contributed by atoms with Gasteiger partial charge in [-0.25, -0.2) is 13.5 Å². The van der Waals surface area contributed by atoms with Crippen LogP contribution < -0.4 is 5.73 Å². The van der Waals surface area contributed by atoms with Crippen LogP contribution in [0.4, 0.5) is 14.6 Å². The summed E-state index contributed by atoms with van der Waals surface area (Å²) in [5.41, 5.74) is 6.61. The normalized spacial score (nSPS) is 10.6. The van der Waals surface area contributed by atoms with Crippen molar-refractivity contribution in [1.29, 1.82) is 0 Å². The van der Waals surface area contributed by atoms with E-state index in [2.05, 4.69) is 5.10 Å². The monoisotopic (exact) mass is 209 g/mol. The molecule has 15 heavy (non-hydrogen) atoms. The molecule has 5 heteroatoms. The molecule has 0 unspecified atom stereocenters. The molecule has 78 valence electrons. The minimum absolute atomic E-state index is 0.312. The SMILES string of the molecule is Cc1cn(-c2cc(F)cc(F)c2)nc1N. The van der Waals surface area contributed by atoms with Crippen LogP contribution in [0.5, 0.6) is 0 Å². The number of nitrogens with two attached hydrogens (primary N) is 1. The number of anilines is 1. The predicted octanol–water partition coefficient (Wildman–Crippen LogP) is 2.04. The lowest BCUT2D eigenvalue weighted by molar-refractivity contribution is 0.580. The molecule has 0 amide bonds. The summed E-state index contributed by atoms with van der Waals surface area (Å²) in [6, 6.07) is 3.19. The minimum Gasteiger partial charge on any atom is -0.382 e. The molecule has 0 bridgehead atoms. The van der Waals surface area contributed by atoms with Crippen LogP contribution in [-0.4, -0.2) is 9.78 Å². The summed E-state index contributed by atoms with van der Waals surface area (Å²) >= 11 is 0. The van der Waals surface area contributed by atoms with Gasteiger partial charge in [-0.05, 0) is 19.1 Å². The Balaban J connectivity index is 2.53. The molecular formula is C10H9F2N3. The van der Waals surface area contributed by atoms with Gasteiger partial charge in [0, 0.05) is 17.8 Å². The van der Waals surface area contributed by atoms with Crippen molar-refractivity contribution >= 4 is 5.82 Å². The molecule has 2 N–H and O–H groups in total. The fourth-order valence-corrected chi connectivity index (χ4v) is 1.28. The summed E-state index contributed by atoms with van der Waals surface area (Å²) in [6.07, 6.45) is 1.61. The third-order valence-corrected chi connectivity index (χ3v) is 2.05. The van der Waals surface area contributed by atoms with Gasteiger partial charge >= 0.3 is 0 Å². The first-order valence-electron chi connectivity index (χ1n) is 4.34. The summed E-state index contributed by atoms with van der Waals surface area (Å²) in [5.74, 6) is -0.937. The minimum atomic E-state index is -0.642. The lowest BCUT2D eigenvalue weighted by Gasteiger charge is -2.01. The summed E-state index contributed by atoms with van der Waals surface area (Å²) in [6.45, 7) is 1.77. The van der Waals surface area contributed by atoms with Gasteiger partial charge in [0.25, 0.3) is 0 Å². The Morgan fingerprint density at radius 2 is 1.80 bits per heavy atom. The Bertz CT molecular complexity index is 466. The molecule has 1 aromatic heterocycles. The summed E-state index contributed by atoms with van der Waals surface area (Å²) in [4.78, 5) is 0. The number of nitrogens with zero attached hydrogens (tertiary/aromatic N) is 2. The van der Waals surface area contributed by atoms with Crippen molar-refractivity contribution in [3.05, 3.63) is 41.6 Å². The number of aryl methyl sites for hydroxylation is 1. The molecular weight excluding hydrogens is 200 g/mol. The molecule has 2 rings (SSSR count). The molecule has 1 heterocycles. The van der Waals surface area contributed by atoms with E-state index in [1.54, 1.807) is 13.1 Å². The smallest absolute Gasteiger partial charge is 0.148 e. The average Bonchev–Trinajstić information content (AvgIpc) is 2.45. The maximum Gasteiger partial charge on any atom is 0.148 e. The summed E-state index contributed by atoms with van der Waals surface area (Å²) in [5, 5.41) is 3.92. The molecule has 0 aliphatic heterocycles. The highest BCUT2D eigenvalue weighted by Gasteiger charge is 2.06. The molecule has 0 spiro atoms. The maximum absolute atomic E-state index is 12.9. The number of aromatic nitrogens is 2. The largest absolute Gasteiger partial charge is 0.382 e. The van der Waals surface area contributed by atoms with Gasteiger partial charge in [0.2, 0.25) is 0 Å². The lowest BCUT2D eigenvalue weighted by atomic mass is 10.3. The van der Waals surface area contributed by atoms with Gasteiger partial charge in [-0.1, -0.05) is 0 Å². The van der Waals surface area contributed by atoms with Crippen LogP contribution in [0.1, 0.15) is 5.56 Å². The van der Waals surface area contributed by atoms with E-state index in [0.717, 1.165) is 11.6 Å². The van der Waals surface area contributed by atoms with Crippen LogP contribution >= 0.6 is 0 Å². The molecule has 0 aliphatic carbocycles. The van der Waals surface area contributed by atoms with Crippen molar-refractivity contribution in [2.45, 2.75) is 6.92 Å². The number of benzene rings is 1. The van der Waals surface area contributed by atoms with Gasteiger partial charge in [0.05, 0.1) is 5.69 Å². The Hall–Kier alpha value is -1.91. The van der Waals surface area contributed by atoms with E-state index in [0.29, 0.717) is 11.5 Å². The third kappa shape index (κ3) is 1.81. The number of nitrogen functional groups attached to an aromatic ring is 1. The maximum atomic E-state index is 12.9. The zero-order chi connectivity index (χ0) is 11.0. The molecule has 0 saturated heterocycles. The van der Waals surface area contributed by atoms with E-state index < -0.39 is 11.6 Å². The van der Waals surface area contributed by atoms with Crippen molar-refractivity contribution < 1.29 is 8.78 Å². The number of rotatable bonds is 1. The van der Waals surface area contributed by atoms with Crippen LogP contribution in [0.25, 0.3) is 5.69 Å². The molecule has 0 fully saturated rings. The molecule has 2 aromatic rings. The first-order valence-corrected chi connectivity index (χ1v) is 4.34. The van der Waals surface area contributed by atoms with Crippen molar-refractivity contribution in [3.8, 4) is 5.69 Å². The first-order chi connectivity index (χ1) is 7.06. The van der Waals surface area contributed by atoms with Crippen LogP contribution in [0.15, 0.2) is 24.4 Å². The van der Waals surface area contributed by atoms with Crippen molar-refractivity contribution in [3.63, 3.8) is 0 Å². The van der Waals surface area contributed by atoms with E-state index in [4.69, 9.17) is 5.73 Å². The Labute approximate surface area is 85.1 Å². The molecule has 3 nitrogen and oxygen atoms in total. The molecule has 0 saturated carbocycles. The van der Waals surface area contributed by atoms with Crippen LogP contribution in [0.2, 0.25) is 0 Å². The topological polar surface area (TPSA) is 43.8 Å². The molecule has 1 aromatic carbocycles. The average molecular weight is 209 g/mol. The summed E-state index contributed by atoms with van der Waals surface area (Å²) in [7, 11) is 0. The Morgan fingerprint density at radius 1 is 1.20 bits per heavy atom. The lowest BCUT2D eigenvalue weighted by Crippen LogP contribution is -1.97. The second-order valence-corrected chi connectivity index (χ2v) is 3.27. The number of hydrogen-bond donors (Lipinski definition) is 1. The van der Waals surface area contributed by atoms with Gasteiger partial charge < -0.3 is 5.73 Å². The highest BCUT2D eigenvalue weighted by atomic mass is 19.1. The Morgan fingerprint density at radius 3 is 2.27 bits per heavy atom. The zero-order valence-electron chi connectivity index (χ0n) is 8.04. The fourth-order valence-electron chi connectivity index (χ4n) is 1.28. The van der Waals surface area contributed by atoms with E-state index >= 15 is 0 Å². The van der Waals surface area contributed by atoms with E-state index in [1.807, 2.05) is 0 Å². The fraction of sp³-hybridized carbons (Fsp3) is 0.100. The van der Waals surface area contributed by atoms with E-state index in [-0.39, 0.29) is 0 Å². The van der Waals surface area contributed by atoms with Crippen LogP contribution in [0, 0.1) is 18.6 Å². The van der Waals surface area contributed by atoms with E-state index in [1.165, 1.54) is 16.8 Å². The second kappa shape index (κ2) is 3.34. The zero-order valence-corrected chi connectivity index (χ0v) is 8.04.